The van der Waals surface area contributed by atoms with Gasteiger partial charge in [-0.3, -0.25) is 14.4 Å². The number of aromatic hydroxyl groups is 1. The lowest BCUT2D eigenvalue weighted by Crippen LogP contribution is -2.31. The first-order valence-electron chi connectivity index (χ1n) is 10.9. The molecule has 3 aromatic rings. The highest BCUT2D eigenvalue weighted by Gasteiger charge is 2.36. The van der Waals surface area contributed by atoms with Crippen molar-refractivity contribution in [2.24, 2.45) is 10.9 Å². The number of aliphatic imine (C=N–C) groups is 1. The number of nitrogens with zero attached hydrogens (tertiary/aromatic N) is 2. The van der Waals surface area contributed by atoms with Gasteiger partial charge in [-0.15, -0.1) is 0 Å². The first-order chi connectivity index (χ1) is 15.4. The summed E-state index contributed by atoms with van der Waals surface area (Å²) in [5.41, 5.74) is 0.683. The molecule has 1 aliphatic heterocycles. The van der Waals surface area contributed by atoms with Crippen molar-refractivity contribution in [2.75, 3.05) is 12.8 Å². The Bertz CT molecular complexity index is 1360. The van der Waals surface area contributed by atoms with Crippen LogP contribution in [0.1, 0.15) is 31.7 Å². The van der Waals surface area contributed by atoms with Crippen LogP contribution in [0.2, 0.25) is 0 Å². The van der Waals surface area contributed by atoms with Gasteiger partial charge in [-0.05, 0) is 49.6 Å². The van der Waals surface area contributed by atoms with Crippen LogP contribution in [0, 0.1) is 11.7 Å². The summed E-state index contributed by atoms with van der Waals surface area (Å²) in [4.78, 5) is 18.2. The SMILES string of the molecule is CCOP1(=O)CC(c2c(O)c3cc(F)ccc3n(CCC3CC3)c2=O)=Nc2ccccc21. The van der Waals surface area contributed by atoms with Crippen molar-refractivity contribution in [1.29, 1.82) is 0 Å². The van der Waals surface area contributed by atoms with Crippen molar-refractivity contribution < 1.29 is 18.6 Å². The van der Waals surface area contributed by atoms with Crippen LogP contribution in [-0.4, -0.2) is 28.2 Å². The van der Waals surface area contributed by atoms with Crippen LogP contribution >= 0.6 is 7.37 Å². The van der Waals surface area contributed by atoms with E-state index in [4.69, 9.17) is 4.52 Å². The van der Waals surface area contributed by atoms with E-state index in [9.17, 15) is 18.9 Å². The zero-order valence-corrected chi connectivity index (χ0v) is 18.6. The summed E-state index contributed by atoms with van der Waals surface area (Å²) in [6.07, 6.45) is 3.02. The van der Waals surface area contributed by atoms with E-state index in [1.807, 2.05) is 0 Å². The first-order valence-corrected chi connectivity index (χ1v) is 12.7. The van der Waals surface area contributed by atoms with Crippen LogP contribution in [0.15, 0.2) is 52.3 Å². The van der Waals surface area contributed by atoms with Crippen molar-refractivity contribution in [3.05, 3.63) is 64.2 Å². The monoisotopic (exact) mass is 454 g/mol. The minimum atomic E-state index is -3.33. The minimum absolute atomic E-state index is 0.0340. The lowest BCUT2D eigenvalue weighted by Gasteiger charge is -2.25. The third kappa shape index (κ3) is 3.59. The Morgan fingerprint density at radius 2 is 2.03 bits per heavy atom. The van der Waals surface area contributed by atoms with Crippen LogP contribution < -0.4 is 10.9 Å². The van der Waals surface area contributed by atoms with E-state index < -0.39 is 18.7 Å². The Labute approximate surface area is 184 Å². The lowest BCUT2D eigenvalue weighted by atomic mass is 10.1. The van der Waals surface area contributed by atoms with Crippen LogP contribution in [0.4, 0.5) is 10.1 Å². The third-order valence-corrected chi connectivity index (χ3v) is 8.65. The number of fused-ring (bicyclic) bond motifs is 2. The minimum Gasteiger partial charge on any atom is -0.506 e. The average molecular weight is 454 g/mol. The molecule has 166 valence electrons. The van der Waals surface area contributed by atoms with Gasteiger partial charge in [-0.25, -0.2) is 4.39 Å². The molecule has 1 atom stereocenters. The molecule has 32 heavy (non-hydrogen) atoms. The molecule has 1 N–H and O–H groups in total. The second-order valence-corrected chi connectivity index (χ2v) is 10.8. The van der Waals surface area contributed by atoms with E-state index in [1.54, 1.807) is 35.8 Å². The fourth-order valence-electron chi connectivity index (χ4n) is 4.38. The molecule has 1 saturated carbocycles. The zero-order chi connectivity index (χ0) is 22.5. The zero-order valence-electron chi connectivity index (χ0n) is 17.8. The van der Waals surface area contributed by atoms with Gasteiger partial charge >= 0.3 is 0 Å². The summed E-state index contributed by atoms with van der Waals surface area (Å²) in [7, 11) is -3.33. The Morgan fingerprint density at radius 1 is 1.25 bits per heavy atom. The highest BCUT2D eigenvalue weighted by Crippen LogP contribution is 2.51. The van der Waals surface area contributed by atoms with Gasteiger partial charge in [0.05, 0.1) is 35.0 Å². The van der Waals surface area contributed by atoms with E-state index in [1.165, 1.54) is 18.2 Å². The maximum atomic E-state index is 14.1. The largest absolute Gasteiger partial charge is 0.506 e. The van der Waals surface area contributed by atoms with Crippen LogP contribution in [0.3, 0.4) is 0 Å². The van der Waals surface area contributed by atoms with Crippen LogP contribution in [-0.2, 0) is 15.6 Å². The van der Waals surface area contributed by atoms with Gasteiger partial charge in [0, 0.05) is 11.9 Å². The fraction of sp³-hybridized carbons (Fsp3) is 0.333. The predicted molar refractivity (Wildman–Crippen MR) is 124 cm³/mol. The van der Waals surface area contributed by atoms with Crippen LogP contribution in [0.25, 0.3) is 10.9 Å². The van der Waals surface area contributed by atoms with Gasteiger partial charge in [0.1, 0.15) is 17.1 Å². The van der Waals surface area contributed by atoms with Gasteiger partial charge in [0.2, 0.25) is 7.37 Å². The van der Waals surface area contributed by atoms with Gasteiger partial charge in [-0.1, -0.05) is 25.0 Å². The molecule has 0 amide bonds. The molecule has 0 saturated heterocycles. The molecular weight excluding hydrogens is 430 g/mol. The van der Waals surface area contributed by atoms with Crippen molar-refractivity contribution >= 4 is 35.0 Å². The number of aromatic nitrogens is 1. The van der Waals surface area contributed by atoms with Crippen LogP contribution in [0.5, 0.6) is 5.75 Å². The number of hydrogen-bond acceptors (Lipinski definition) is 5. The molecule has 2 heterocycles. The second kappa shape index (κ2) is 7.98. The molecule has 0 spiro atoms. The molecule has 2 aliphatic rings. The van der Waals surface area contributed by atoms with E-state index in [-0.39, 0.29) is 35.2 Å². The highest BCUT2D eigenvalue weighted by atomic mass is 31.2. The summed E-state index contributed by atoms with van der Waals surface area (Å²) in [5.74, 6) is -0.262. The van der Waals surface area contributed by atoms with E-state index in [2.05, 4.69) is 4.99 Å². The Kier molecular flexibility index (Phi) is 5.26. The van der Waals surface area contributed by atoms with E-state index in [0.29, 0.717) is 29.0 Å². The number of pyridine rings is 1. The standard InChI is InChI=1S/C24H24FN2O4P/c1-2-31-32(30)14-19(26-18-5-3-4-6-21(18)32)22-23(28)17-13-16(25)9-10-20(17)27(24(22)29)12-11-15-7-8-15/h3-6,9-10,13,15,28H,2,7-8,11-12,14H2,1H3. The summed E-state index contributed by atoms with van der Waals surface area (Å²) in [6.45, 7) is 2.46. The lowest BCUT2D eigenvalue weighted by molar-refractivity contribution is 0.343. The fourth-order valence-corrected chi connectivity index (χ4v) is 6.61. The second-order valence-electron chi connectivity index (χ2n) is 8.37. The Balaban J connectivity index is 1.74. The van der Waals surface area contributed by atoms with Crippen molar-refractivity contribution in [3.63, 3.8) is 0 Å². The molecule has 0 radical (unpaired) electrons. The summed E-state index contributed by atoms with van der Waals surface area (Å²) in [5, 5.41) is 11.8. The maximum Gasteiger partial charge on any atom is 0.263 e. The quantitative estimate of drug-likeness (QED) is 0.547. The Morgan fingerprint density at radius 3 is 2.78 bits per heavy atom. The average Bonchev–Trinajstić information content (AvgIpc) is 3.59. The van der Waals surface area contributed by atoms with E-state index >= 15 is 0 Å². The molecule has 1 aromatic heterocycles. The molecule has 1 aliphatic carbocycles. The van der Waals surface area contributed by atoms with Gasteiger partial charge < -0.3 is 14.2 Å². The third-order valence-electron chi connectivity index (χ3n) is 6.15. The summed E-state index contributed by atoms with van der Waals surface area (Å²) < 4.78 is 35.1. The smallest absolute Gasteiger partial charge is 0.263 e. The molecule has 1 unspecified atom stereocenters. The van der Waals surface area contributed by atoms with Gasteiger partial charge in [0.15, 0.2) is 0 Å². The number of halogens is 1. The van der Waals surface area contributed by atoms with Gasteiger partial charge in [-0.2, -0.15) is 0 Å². The number of benzene rings is 2. The highest BCUT2D eigenvalue weighted by molar-refractivity contribution is 7.68. The number of rotatable bonds is 6. The van der Waals surface area contributed by atoms with E-state index in [0.717, 1.165) is 19.3 Å². The molecule has 0 bridgehead atoms. The number of para-hydroxylation sites is 1. The molecule has 1 fully saturated rings. The van der Waals surface area contributed by atoms with Crippen molar-refractivity contribution in [2.45, 2.75) is 32.7 Å². The Hall–Kier alpha value is -2.76. The maximum absolute atomic E-state index is 14.1. The molecule has 2 aromatic carbocycles. The number of hydrogen-bond donors (Lipinski definition) is 1. The summed E-state index contributed by atoms with van der Waals surface area (Å²) in [6, 6.07) is 11.0. The molecule has 8 heteroatoms. The molecule has 5 rings (SSSR count). The molecule has 6 nitrogen and oxygen atoms in total. The number of aryl methyl sites for hydroxylation is 1. The summed E-state index contributed by atoms with van der Waals surface area (Å²) >= 11 is 0. The first kappa shape index (κ1) is 21.1. The van der Waals surface area contributed by atoms with Crippen molar-refractivity contribution in [3.8, 4) is 5.75 Å². The normalized spacial score (nSPS) is 20.2. The topological polar surface area (TPSA) is 80.9 Å². The van der Waals surface area contributed by atoms with Gasteiger partial charge in [0.25, 0.3) is 5.56 Å². The predicted octanol–water partition coefficient (Wildman–Crippen LogP) is 4.72. The van der Waals surface area contributed by atoms with Crippen molar-refractivity contribution in [1.82, 2.24) is 4.57 Å². The molecular formula is C24H24FN2O4P.